The van der Waals surface area contributed by atoms with E-state index in [2.05, 4.69) is 10.4 Å². The number of aromatic nitrogens is 2. The van der Waals surface area contributed by atoms with E-state index in [0.29, 0.717) is 5.69 Å². The van der Waals surface area contributed by atoms with Crippen molar-refractivity contribution in [2.75, 3.05) is 5.32 Å². The number of carbonyl (C=O) groups excluding carboxylic acids is 1. The fourth-order valence-corrected chi connectivity index (χ4v) is 1.70. The van der Waals surface area contributed by atoms with Crippen LogP contribution >= 0.6 is 0 Å². The zero-order chi connectivity index (χ0) is 16.3. The van der Waals surface area contributed by atoms with Gasteiger partial charge in [0.2, 0.25) is 5.91 Å². The smallest absolute Gasteiger partial charge is 0.335 e. The molecule has 1 amide bonds. The van der Waals surface area contributed by atoms with E-state index < -0.39 is 22.8 Å². The minimum absolute atomic E-state index is 0.105. The van der Waals surface area contributed by atoms with Gasteiger partial charge in [-0.15, -0.1) is 0 Å². The minimum Gasteiger partial charge on any atom is -0.478 e. The van der Waals surface area contributed by atoms with Crippen LogP contribution in [0.25, 0.3) is 0 Å². The normalized spacial score (nSPS) is 11.7. The lowest BCUT2D eigenvalue weighted by Gasteiger charge is -2.12. The Morgan fingerprint density at radius 2 is 2.00 bits per heavy atom. The Kier molecular flexibility index (Phi) is 4.16. The third kappa shape index (κ3) is 3.26. The summed E-state index contributed by atoms with van der Waals surface area (Å²) in [5.74, 6) is -1.49. The molecule has 0 aliphatic heterocycles. The second kappa shape index (κ2) is 6.04. The quantitative estimate of drug-likeness (QED) is 0.639. The Morgan fingerprint density at radius 3 is 2.50 bits per heavy atom. The van der Waals surface area contributed by atoms with Crippen LogP contribution in [-0.2, 0) is 4.79 Å². The van der Waals surface area contributed by atoms with Gasteiger partial charge in [-0.3, -0.25) is 19.6 Å². The van der Waals surface area contributed by atoms with Gasteiger partial charge < -0.3 is 10.4 Å². The van der Waals surface area contributed by atoms with E-state index in [1.165, 1.54) is 35.9 Å². The monoisotopic (exact) mass is 304 g/mol. The molecule has 0 radical (unpaired) electrons. The average Bonchev–Trinajstić information content (AvgIpc) is 2.97. The highest BCUT2D eigenvalue weighted by atomic mass is 16.6. The maximum Gasteiger partial charge on any atom is 0.335 e. The number of benzene rings is 1. The van der Waals surface area contributed by atoms with E-state index in [-0.39, 0.29) is 11.3 Å². The zero-order valence-electron chi connectivity index (χ0n) is 11.5. The topological polar surface area (TPSA) is 127 Å². The molecule has 0 bridgehead atoms. The average molecular weight is 304 g/mol. The van der Waals surface area contributed by atoms with Gasteiger partial charge in [0.1, 0.15) is 18.4 Å². The first-order valence-electron chi connectivity index (χ1n) is 6.21. The number of aromatic carboxylic acids is 1. The highest BCUT2D eigenvalue weighted by Crippen LogP contribution is 2.16. The van der Waals surface area contributed by atoms with E-state index in [9.17, 15) is 19.7 Å². The van der Waals surface area contributed by atoms with E-state index in [0.717, 1.165) is 12.4 Å². The van der Waals surface area contributed by atoms with Gasteiger partial charge in [-0.2, -0.15) is 5.10 Å². The third-order valence-electron chi connectivity index (χ3n) is 2.97. The van der Waals surface area contributed by atoms with Gasteiger partial charge in [0.05, 0.1) is 10.5 Å². The maximum absolute atomic E-state index is 12.1. The van der Waals surface area contributed by atoms with Crippen LogP contribution in [0.1, 0.15) is 23.3 Å². The molecule has 2 aromatic rings. The molecule has 0 saturated carbocycles. The first-order chi connectivity index (χ1) is 10.4. The number of hydrogen-bond donors (Lipinski definition) is 2. The van der Waals surface area contributed by atoms with Gasteiger partial charge in [-0.1, -0.05) is 0 Å². The van der Waals surface area contributed by atoms with Crippen LogP contribution in [-0.4, -0.2) is 31.7 Å². The molecule has 0 aliphatic rings. The van der Waals surface area contributed by atoms with Gasteiger partial charge in [0.25, 0.3) is 0 Å². The predicted molar refractivity (Wildman–Crippen MR) is 75.6 cm³/mol. The molecule has 1 aromatic heterocycles. The van der Waals surface area contributed by atoms with Crippen LogP contribution < -0.4 is 5.32 Å². The summed E-state index contributed by atoms with van der Waals surface area (Å²) in [5.41, 5.74) is 0.322. The first kappa shape index (κ1) is 15.2. The highest BCUT2D eigenvalue weighted by molar-refractivity contribution is 5.94. The largest absolute Gasteiger partial charge is 0.478 e. The molecular weight excluding hydrogens is 292 g/mol. The number of carboxylic acids is 1. The molecular formula is C13H12N4O5. The van der Waals surface area contributed by atoms with E-state index >= 15 is 0 Å². The summed E-state index contributed by atoms with van der Waals surface area (Å²) in [4.78, 5) is 32.8. The van der Waals surface area contributed by atoms with Crippen molar-refractivity contribution in [2.24, 2.45) is 0 Å². The van der Waals surface area contributed by atoms with Crippen molar-refractivity contribution in [3.63, 3.8) is 0 Å². The molecule has 9 nitrogen and oxygen atoms in total. The maximum atomic E-state index is 12.1. The molecule has 2 rings (SSSR count). The summed E-state index contributed by atoms with van der Waals surface area (Å²) in [7, 11) is 0. The summed E-state index contributed by atoms with van der Waals surface area (Å²) >= 11 is 0. The van der Waals surface area contributed by atoms with Crippen LogP contribution in [0.15, 0.2) is 36.7 Å². The molecule has 0 fully saturated rings. The van der Waals surface area contributed by atoms with Gasteiger partial charge in [-0.05, 0) is 31.2 Å². The molecule has 0 spiro atoms. The predicted octanol–water partition coefficient (Wildman–Crippen LogP) is 1.69. The van der Waals surface area contributed by atoms with E-state index in [1.807, 2.05) is 0 Å². The number of hydrogen-bond acceptors (Lipinski definition) is 5. The molecule has 22 heavy (non-hydrogen) atoms. The summed E-state index contributed by atoms with van der Waals surface area (Å²) < 4.78 is 1.18. The molecule has 1 aromatic carbocycles. The highest BCUT2D eigenvalue weighted by Gasteiger charge is 2.19. The van der Waals surface area contributed by atoms with Crippen LogP contribution in [0.4, 0.5) is 11.4 Å². The number of carbonyl (C=O) groups is 2. The van der Waals surface area contributed by atoms with Crippen molar-refractivity contribution in [3.05, 3.63) is 52.3 Å². The van der Waals surface area contributed by atoms with Crippen molar-refractivity contribution in [2.45, 2.75) is 13.0 Å². The van der Waals surface area contributed by atoms with Gasteiger partial charge in [-0.25, -0.2) is 4.79 Å². The SMILES string of the molecule is C[C@H](C(=O)Nc1ccc(C(=O)O)cc1)n1cc([N+](=O)[O-])cn1. The molecule has 1 atom stereocenters. The van der Waals surface area contributed by atoms with E-state index in [4.69, 9.17) is 5.11 Å². The lowest BCUT2D eigenvalue weighted by atomic mass is 10.2. The lowest BCUT2D eigenvalue weighted by Crippen LogP contribution is -2.24. The summed E-state index contributed by atoms with van der Waals surface area (Å²) in [6, 6.07) is 4.88. The lowest BCUT2D eigenvalue weighted by molar-refractivity contribution is -0.385. The van der Waals surface area contributed by atoms with Crippen LogP contribution in [0.3, 0.4) is 0 Å². The fraction of sp³-hybridized carbons (Fsp3) is 0.154. The number of anilines is 1. The van der Waals surface area contributed by atoms with Crippen molar-refractivity contribution >= 4 is 23.3 Å². The number of rotatable bonds is 5. The van der Waals surface area contributed by atoms with Crippen LogP contribution in [0, 0.1) is 10.1 Å². The first-order valence-corrected chi connectivity index (χ1v) is 6.21. The van der Waals surface area contributed by atoms with Gasteiger partial charge in [0, 0.05) is 5.69 Å². The number of nitrogens with one attached hydrogen (secondary N) is 1. The molecule has 114 valence electrons. The van der Waals surface area contributed by atoms with Crippen molar-refractivity contribution in [3.8, 4) is 0 Å². The van der Waals surface area contributed by atoms with Crippen LogP contribution in [0.5, 0.6) is 0 Å². The fourth-order valence-electron chi connectivity index (χ4n) is 1.70. The van der Waals surface area contributed by atoms with Crippen molar-refractivity contribution < 1.29 is 19.6 Å². The Labute approximate surface area is 124 Å². The molecule has 9 heteroatoms. The number of nitrogens with zero attached hydrogens (tertiary/aromatic N) is 3. The van der Waals surface area contributed by atoms with Crippen molar-refractivity contribution in [1.82, 2.24) is 9.78 Å². The Bertz CT molecular complexity index is 722. The van der Waals surface area contributed by atoms with E-state index in [1.54, 1.807) is 0 Å². The molecule has 2 N–H and O–H groups in total. The van der Waals surface area contributed by atoms with Gasteiger partial charge in [0.15, 0.2) is 0 Å². The Morgan fingerprint density at radius 1 is 1.36 bits per heavy atom. The van der Waals surface area contributed by atoms with Crippen LogP contribution in [0.2, 0.25) is 0 Å². The molecule has 1 heterocycles. The minimum atomic E-state index is -1.06. The third-order valence-corrected chi connectivity index (χ3v) is 2.97. The standard InChI is InChI=1S/C13H12N4O5/c1-8(16-7-11(6-14-16)17(21)22)12(18)15-10-4-2-9(3-5-10)13(19)20/h2-8H,1H3,(H,15,18)(H,19,20)/t8-/m1/s1. The number of amides is 1. The Hall–Kier alpha value is -3.23. The van der Waals surface area contributed by atoms with Crippen molar-refractivity contribution in [1.29, 1.82) is 0 Å². The molecule has 0 unspecified atom stereocenters. The number of nitro groups is 1. The molecule has 0 saturated heterocycles. The summed E-state index contributed by atoms with van der Waals surface area (Å²) in [6.07, 6.45) is 2.23. The molecule has 0 aliphatic carbocycles. The second-order valence-electron chi connectivity index (χ2n) is 4.48. The zero-order valence-corrected chi connectivity index (χ0v) is 11.5. The van der Waals surface area contributed by atoms with Gasteiger partial charge >= 0.3 is 11.7 Å². The Balaban J connectivity index is 2.07. The summed E-state index contributed by atoms with van der Waals surface area (Å²) in [6.45, 7) is 1.54. The number of carboxylic acid groups (broad SMARTS) is 1. The second-order valence-corrected chi connectivity index (χ2v) is 4.48. The summed E-state index contributed by atoms with van der Waals surface area (Å²) in [5, 5.41) is 25.7.